The lowest BCUT2D eigenvalue weighted by molar-refractivity contribution is -0.123. The van der Waals surface area contributed by atoms with Crippen LogP contribution >= 0.6 is 0 Å². The molecule has 1 aromatic carbocycles. The molecule has 3 aliphatic rings. The van der Waals surface area contributed by atoms with Gasteiger partial charge in [-0.1, -0.05) is 12.2 Å². The highest BCUT2D eigenvalue weighted by Gasteiger charge is 2.59. The lowest BCUT2D eigenvalue weighted by atomic mass is 9.85. The van der Waals surface area contributed by atoms with Gasteiger partial charge in [0.2, 0.25) is 11.8 Å². The minimum atomic E-state index is -0.721. The van der Waals surface area contributed by atoms with E-state index in [1.54, 1.807) is 0 Å². The summed E-state index contributed by atoms with van der Waals surface area (Å²) in [6.45, 7) is 0. The molecule has 5 rings (SSSR count). The number of aromatic amines is 2. The van der Waals surface area contributed by atoms with Crippen LogP contribution in [0, 0.1) is 23.7 Å². The van der Waals surface area contributed by atoms with Crippen LogP contribution in [0.4, 0.5) is 11.4 Å². The average Bonchev–Trinajstić information content (AvgIpc) is 3.38. The molecule has 0 radical (unpaired) electrons. The Morgan fingerprint density at radius 2 is 1.59 bits per heavy atom. The molecule has 3 N–H and O–H groups in total. The van der Waals surface area contributed by atoms with E-state index in [0.29, 0.717) is 5.69 Å². The number of H-pyrrole nitrogens is 2. The van der Waals surface area contributed by atoms with Crippen LogP contribution in [0.3, 0.4) is 0 Å². The molecule has 9 nitrogen and oxygen atoms in total. The van der Waals surface area contributed by atoms with Gasteiger partial charge in [-0.25, -0.2) is 4.79 Å². The molecule has 9 heteroatoms. The lowest BCUT2D eigenvalue weighted by Gasteiger charge is -2.17. The van der Waals surface area contributed by atoms with Crippen molar-refractivity contribution >= 4 is 29.1 Å². The van der Waals surface area contributed by atoms with Crippen LogP contribution in [-0.4, -0.2) is 27.7 Å². The van der Waals surface area contributed by atoms with Gasteiger partial charge < -0.3 is 10.3 Å². The number of carbonyl (C=O) groups is 3. The highest BCUT2D eigenvalue weighted by atomic mass is 16.2. The fourth-order valence-corrected chi connectivity index (χ4v) is 4.62. The number of nitrogens with one attached hydrogen (secondary N) is 3. The maximum atomic E-state index is 12.8. The number of imide groups is 1. The van der Waals surface area contributed by atoms with E-state index in [9.17, 15) is 24.0 Å². The SMILES string of the molecule is O=C(Nc1c[nH]c(=O)[nH]c1=O)c1ccc(N2C(=O)[C@@H]3[C@@H](C2=O)[C@H]2C=C[C@@H]3C2)cc1. The normalized spacial score (nSPS) is 26.8. The van der Waals surface area contributed by atoms with E-state index >= 15 is 0 Å². The lowest BCUT2D eigenvalue weighted by Crippen LogP contribution is -2.32. The van der Waals surface area contributed by atoms with Crippen molar-refractivity contribution in [2.75, 3.05) is 10.2 Å². The van der Waals surface area contributed by atoms with Crippen LogP contribution in [0.25, 0.3) is 0 Å². The van der Waals surface area contributed by atoms with Crippen LogP contribution in [0.15, 0.2) is 52.2 Å². The minimum absolute atomic E-state index is 0.0978. The molecule has 2 aliphatic carbocycles. The Morgan fingerprint density at radius 1 is 0.966 bits per heavy atom. The largest absolute Gasteiger partial charge is 0.325 e. The number of anilines is 2. The van der Waals surface area contributed by atoms with Crippen molar-refractivity contribution < 1.29 is 14.4 Å². The van der Waals surface area contributed by atoms with Crippen molar-refractivity contribution in [2.45, 2.75) is 6.42 Å². The van der Waals surface area contributed by atoms with Crippen molar-refractivity contribution in [3.8, 4) is 0 Å². The van der Waals surface area contributed by atoms with Crippen LogP contribution in [0.2, 0.25) is 0 Å². The molecule has 29 heavy (non-hydrogen) atoms. The van der Waals surface area contributed by atoms with E-state index in [-0.39, 0.29) is 46.7 Å². The highest BCUT2D eigenvalue weighted by Crippen LogP contribution is 2.53. The zero-order valence-electron chi connectivity index (χ0n) is 15.0. The maximum Gasteiger partial charge on any atom is 0.325 e. The van der Waals surface area contributed by atoms with Crippen molar-refractivity contribution in [3.05, 3.63) is 69.0 Å². The first kappa shape index (κ1) is 17.4. The molecule has 1 aliphatic heterocycles. The third kappa shape index (κ3) is 2.58. The van der Waals surface area contributed by atoms with Gasteiger partial charge in [-0.2, -0.15) is 0 Å². The summed E-state index contributed by atoms with van der Waals surface area (Å²) in [6.07, 6.45) is 6.04. The second-order valence-corrected chi connectivity index (χ2v) is 7.50. The molecule has 0 spiro atoms. The number of allylic oxidation sites excluding steroid dienone is 2. The summed E-state index contributed by atoms with van der Waals surface area (Å²) in [4.78, 5) is 66.3. The van der Waals surface area contributed by atoms with Crippen molar-refractivity contribution in [3.63, 3.8) is 0 Å². The van der Waals surface area contributed by atoms with Gasteiger partial charge in [0.05, 0.1) is 17.5 Å². The average molecular weight is 392 g/mol. The van der Waals surface area contributed by atoms with Gasteiger partial charge in [-0.3, -0.25) is 29.1 Å². The fraction of sp³-hybridized carbons (Fsp3) is 0.250. The number of carbonyl (C=O) groups excluding carboxylic acids is 3. The number of amides is 3. The minimum Gasteiger partial charge on any atom is -0.316 e. The molecule has 2 heterocycles. The number of fused-ring (bicyclic) bond motifs is 5. The topological polar surface area (TPSA) is 132 Å². The molecular formula is C20H16N4O5. The molecule has 1 saturated carbocycles. The van der Waals surface area contributed by atoms with Crippen LogP contribution in [0.1, 0.15) is 16.8 Å². The Labute approximate surface area is 163 Å². The van der Waals surface area contributed by atoms with Crippen molar-refractivity contribution in [1.29, 1.82) is 0 Å². The Balaban J connectivity index is 1.36. The van der Waals surface area contributed by atoms with Crippen molar-refractivity contribution in [2.24, 2.45) is 23.7 Å². The summed E-state index contributed by atoms with van der Waals surface area (Å²) in [7, 11) is 0. The van der Waals surface area contributed by atoms with E-state index in [1.165, 1.54) is 29.2 Å². The second kappa shape index (κ2) is 6.13. The zero-order chi connectivity index (χ0) is 20.3. The summed E-state index contributed by atoms with van der Waals surface area (Å²) in [5, 5.41) is 2.40. The number of hydrogen-bond donors (Lipinski definition) is 3. The molecule has 1 saturated heterocycles. The maximum absolute atomic E-state index is 12.8. The number of aromatic nitrogens is 2. The zero-order valence-corrected chi connectivity index (χ0v) is 15.0. The first-order valence-corrected chi connectivity index (χ1v) is 9.23. The summed E-state index contributed by atoms with van der Waals surface area (Å²) in [5.41, 5.74) is -0.834. The van der Waals surface area contributed by atoms with E-state index in [2.05, 4.69) is 10.3 Å². The molecule has 146 valence electrons. The van der Waals surface area contributed by atoms with Gasteiger partial charge in [-0.05, 0) is 42.5 Å². The van der Waals surface area contributed by atoms with Gasteiger partial charge in [0.25, 0.3) is 11.5 Å². The van der Waals surface area contributed by atoms with E-state index < -0.39 is 17.2 Å². The summed E-state index contributed by atoms with van der Waals surface area (Å²) >= 11 is 0. The molecule has 1 aromatic heterocycles. The predicted molar refractivity (Wildman–Crippen MR) is 102 cm³/mol. The van der Waals surface area contributed by atoms with Crippen LogP contribution in [0.5, 0.6) is 0 Å². The summed E-state index contributed by atoms with van der Waals surface area (Å²) in [5.74, 6) is -1.24. The van der Waals surface area contributed by atoms with Gasteiger partial charge in [-0.15, -0.1) is 0 Å². The van der Waals surface area contributed by atoms with Gasteiger partial charge >= 0.3 is 5.69 Å². The number of hydrogen-bond acceptors (Lipinski definition) is 5. The fourth-order valence-electron chi connectivity index (χ4n) is 4.62. The molecule has 0 unspecified atom stereocenters. The Hall–Kier alpha value is -3.75. The van der Waals surface area contributed by atoms with E-state index in [0.717, 1.165) is 12.6 Å². The Kier molecular flexibility index (Phi) is 3.67. The summed E-state index contributed by atoms with van der Waals surface area (Å²) < 4.78 is 0. The van der Waals surface area contributed by atoms with E-state index in [1.807, 2.05) is 17.1 Å². The Morgan fingerprint density at radius 3 is 2.17 bits per heavy atom. The predicted octanol–water partition coefficient (Wildman–Crippen LogP) is 0.627. The second-order valence-electron chi connectivity index (χ2n) is 7.50. The van der Waals surface area contributed by atoms with Gasteiger partial charge in [0, 0.05) is 11.8 Å². The third-order valence-electron chi connectivity index (χ3n) is 5.93. The molecule has 3 amide bonds. The van der Waals surface area contributed by atoms with Crippen LogP contribution < -0.4 is 21.5 Å². The first-order chi connectivity index (χ1) is 13.9. The standard InChI is InChI=1S/C20H16N4O5/c25-16(22-13-8-21-20(29)23-17(13)26)9-3-5-12(6-4-9)24-18(27)14-10-1-2-11(7-10)15(14)19(24)28/h1-6,8,10-11,14-15H,7H2,(H,22,25)(H2,21,23,26,29)/t10-,11+,14-,15-/m0/s1. The van der Waals surface area contributed by atoms with Crippen LogP contribution in [-0.2, 0) is 9.59 Å². The monoisotopic (exact) mass is 392 g/mol. The van der Waals surface area contributed by atoms with Gasteiger partial charge in [0.15, 0.2) is 0 Å². The molecule has 2 bridgehead atoms. The Bertz CT molecular complexity index is 1160. The molecule has 2 aromatic rings. The number of benzene rings is 1. The van der Waals surface area contributed by atoms with E-state index in [4.69, 9.17) is 0 Å². The number of rotatable bonds is 3. The highest BCUT2D eigenvalue weighted by molar-refractivity contribution is 6.23. The molecular weight excluding hydrogens is 376 g/mol. The molecule has 4 atom stereocenters. The third-order valence-corrected chi connectivity index (χ3v) is 5.93. The summed E-state index contributed by atoms with van der Waals surface area (Å²) in [6, 6.07) is 6.04. The van der Waals surface area contributed by atoms with Crippen molar-refractivity contribution in [1.82, 2.24) is 9.97 Å². The number of nitrogens with zero attached hydrogens (tertiary/aromatic N) is 1. The van der Waals surface area contributed by atoms with Gasteiger partial charge in [0.1, 0.15) is 5.69 Å². The quantitative estimate of drug-likeness (QED) is 0.521. The smallest absolute Gasteiger partial charge is 0.316 e. The molecule has 2 fully saturated rings. The first-order valence-electron chi connectivity index (χ1n) is 9.23.